The molecule has 15 heavy (non-hydrogen) atoms. The highest BCUT2D eigenvalue weighted by atomic mass is 32.2. The summed E-state index contributed by atoms with van der Waals surface area (Å²) in [5.74, 6) is 0.0866. The summed E-state index contributed by atoms with van der Waals surface area (Å²) in [6.07, 6.45) is 0. The van der Waals surface area contributed by atoms with Gasteiger partial charge < -0.3 is 5.32 Å². The zero-order valence-corrected chi connectivity index (χ0v) is 9.76. The van der Waals surface area contributed by atoms with E-state index in [1.165, 1.54) is 0 Å². The minimum absolute atomic E-state index is 0.0866. The highest BCUT2D eigenvalue weighted by Crippen LogP contribution is 2.12. The first-order valence-corrected chi connectivity index (χ1v) is 6.46. The highest BCUT2D eigenvalue weighted by Gasteiger charge is 2.06. The molecule has 2 N–H and O–H groups in total. The Hall–Kier alpha value is -1.07. The third kappa shape index (κ3) is 3.89. The largest absolute Gasteiger partial charge is 0.316 e. The van der Waals surface area contributed by atoms with E-state index < -0.39 is 10.0 Å². The molecular weight excluding hydrogens is 212 g/mol. The second-order valence-electron chi connectivity index (χ2n) is 3.24. The van der Waals surface area contributed by atoms with E-state index in [-0.39, 0.29) is 5.75 Å². The fraction of sp³-hybridized carbons (Fsp3) is 0.400. The maximum atomic E-state index is 11.3. The molecule has 0 atom stereocenters. The van der Waals surface area contributed by atoms with Crippen LogP contribution in [0.15, 0.2) is 24.3 Å². The van der Waals surface area contributed by atoms with Crippen molar-refractivity contribution in [2.75, 3.05) is 17.5 Å². The molecular formula is C10H16N2O2S. The quantitative estimate of drug-likeness (QED) is 0.795. The lowest BCUT2D eigenvalue weighted by molar-refractivity contribution is 0.602. The maximum Gasteiger partial charge on any atom is 0.232 e. The lowest BCUT2D eigenvalue weighted by Gasteiger charge is -2.07. The predicted octanol–water partition coefficient (Wildman–Crippen LogP) is 1.17. The minimum Gasteiger partial charge on any atom is -0.316 e. The predicted molar refractivity (Wildman–Crippen MR) is 62.3 cm³/mol. The summed E-state index contributed by atoms with van der Waals surface area (Å²) >= 11 is 0. The van der Waals surface area contributed by atoms with Crippen molar-refractivity contribution >= 4 is 15.7 Å². The number of hydrogen-bond donors (Lipinski definition) is 2. The van der Waals surface area contributed by atoms with Crippen LogP contribution in [0.5, 0.6) is 0 Å². The van der Waals surface area contributed by atoms with Crippen molar-refractivity contribution in [3.8, 4) is 0 Å². The van der Waals surface area contributed by atoms with Crippen molar-refractivity contribution in [1.29, 1.82) is 0 Å². The molecule has 0 amide bonds. The molecule has 1 rings (SSSR count). The molecule has 1 aromatic rings. The van der Waals surface area contributed by atoms with Gasteiger partial charge in [-0.15, -0.1) is 0 Å². The van der Waals surface area contributed by atoms with E-state index in [0.29, 0.717) is 5.69 Å². The number of hydrogen-bond acceptors (Lipinski definition) is 3. The molecule has 4 nitrogen and oxygen atoms in total. The third-order valence-corrected chi connectivity index (χ3v) is 3.27. The van der Waals surface area contributed by atoms with Crippen molar-refractivity contribution in [1.82, 2.24) is 5.32 Å². The Morgan fingerprint density at radius 3 is 2.67 bits per heavy atom. The van der Waals surface area contributed by atoms with E-state index >= 15 is 0 Å². The first-order valence-electron chi connectivity index (χ1n) is 4.81. The Balaban J connectivity index is 2.82. The number of sulfonamides is 1. The topological polar surface area (TPSA) is 58.2 Å². The van der Waals surface area contributed by atoms with Crippen LogP contribution in [0.1, 0.15) is 12.5 Å². The average molecular weight is 228 g/mol. The second kappa shape index (κ2) is 5.14. The fourth-order valence-corrected chi connectivity index (χ4v) is 1.83. The molecule has 0 spiro atoms. The Bertz CT molecular complexity index is 415. The van der Waals surface area contributed by atoms with Crippen LogP contribution in [-0.2, 0) is 16.6 Å². The summed E-state index contributed by atoms with van der Waals surface area (Å²) in [6.45, 7) is 2.33. The summed E-state index contributed by atoms with van der Waals surface area (Å²) in [5.41, 5.74) is 1.67. The van der Waals surface area contributed by atoms with Gasteiger partial charge in [-0.05, 0) is 31.7 Å². The molecule has 84 valence electrons. The van der Waals surface area contributed by atoms with Crippen LogP contribution in [0.2, 0.25) is 0 Å². The van der Waals surface area contributed by atoms with E-state index in [9.17, 15) is 8.42 Å². The Kier molecular flexibility index (Phi) is 4.11. The van der Waals surface area contributed by atoms with E-state index in [1.54, 1.807) is 13.0 Å². The van der Waals surface area contributed by atoms with Crippen molar-refractivity contribution in [3.05, 3.63) is 29.8 Å². The number of anilines is 1. The molecule has 0 fully saturated rings. The van der Waals surface area contributed by atoms with Gasteiger partial charge in [-0.25, -0.2) is 8.42 Å². The Labute approximate surface area is 90.8 Å². The standard InChI is InChI=1S/C10H16N2O2S/c1-3-15(13,14)12-10-6-4-5-9(7-10)8-11-2/h4-7,11-12H,3,8H2,1-2H3. The van der Waals surface area contributed by atoms with Gasteiger partial charge in [-0.2, -0.15) is 0 Å². The summed E-state index contributed by atoms with van der Waals surface area (Å²) < 4.78 is 25.1. The van der Waals surface area contributed by atoms with Crippen molar-refractivity contribution in [2.45, 2.75) is 13.5 Å². The average Bonchev–Trinajstić information content (AvgIpc) is 2.18. The summed E-state index contributed by atoms with van der Waals surface area (Å²) in [7, 11) is -1.32. The minimum atomic E-state index is -3.17. The number of rotatable bonds is 5. The SMILES string of the molecule is CCS(=O)(=O)Nc1cccc(CNC)c1. The monoisotopic (exact) mass is 228 g/mol. The molecule has 5 heteroatoms. The van der Waals surface area contributed by atoms with Crippen molar-refractivity contribution in [3.63, 3.8) is 0 Å². The van der Waals surface area contributed by atoms with Gasteiger partial charge in [0.25, 0.3) is 0 Å². The summed E-state index contributed by atoms with van der Waals surface area (Å²) in [5, 5.41) is 3.01. The summed E-state index contributed by atoms with van der Waals surface area (Å²) in [4.78, 5) is 0. The first-order chi connectivity index (χ1) is 7.07. The highest BCUT2D eigenvalue weighted by molar-refractivity contribution is 7.92. The van der Waals surface area contributed by atoms with Gasteiger partial charge in [-0.1, -0.05) is 12.1 Å². The van der Waals surface area contributed by atoms with E-state index in [2.05, 4.69) is 10.0 Å². The molecule has 0 saturated carbocycles. The van der Waals surface area contributed by atoms with Crippen LogP contribution < -0.4 is 10.0 Å². The van der Waals surface area contributed by atoms with Crippen LogP contribution in [0.25, 0.3) is 0 Å². The Morgan fingerprint density at radius 2 is 2.07 bits per heavy atom. The van der Waals surface area contributed by atoms with Gasteiger partial charge in [0.15, 0.2) is 0 Å². The first kappa shape index (κ1) is 12.0. The van der Waals surface area contributed by atoms with Crippen LogP contribution in [0.4, 0.5) is 5.69 Å². The van der Waals surface area contributed by atoms with Crippen molar-refractivity contribution in [2.24, 2.45) is 0 Å². The molecule has 0 bridgehead atoms. The van der Waals surface area contributed by atoms with Gasteiger partial charge in [0, 0.05) is 12.2 Å². The number of nitrogens with one attached hydrogen (secondary N) is 2. The Morgan fingerprint density at radius 1 is 1.33 bits per heavy atom. The lowest BCUT2D eigenvalue weighted by Crippen LogP contribution is -2.15. The van der Waals surface area contributed by atoms with Crippen molar-refractivity contribution < 1.29 is 8.42 Å². The molecule has 0 heterocycles. The van der Waals surface area contributed by atoms with Crippen LogP contribution in [0.3, 0.4) is 0 Å². The molecule has 0 aliphatic rings. The lowest BCUT2D eigenvalue weighted by atomic mass is 10.2. The molecule has 0 aliphatic carbocycles. The second-order valence-corrected chi connectivity index (χ2v) is 5.25. The van der Waals surface area contributed by atoms with E-state index in [1.807, 2.05) is 25.2 Å². The third-order valence-electron chi connectivity index (χ3n) is 1.96. The zero-order chi connectivity index (χ0) is 11.3. The normalized spacial score (nSPS) is 11.3. The van der Waals surface area contributed by atoms with Crippen LogP contribution >= 0.6 is 0 Å². The molecule has 0 aromatic heterocycles. The maximum absolute atomic E-state index is 11.3. The fourth-order valence-electron chi connectivity index (χ4n) is 1.20. The summed E-state index contributed by atoms with van der Waals surface area (Å²) in [6, 6.07) is 7.34. The van der Waals surface area contributed by atoms with Gasteiger partial charge >= 0.3 is 0 Å². The molecule has 1 aromatic carbocycles. The van der Waals surface area contributed by atoms with E-state index in [4.69, 9.17) is 0 Å². The van der Waals surface area contributed by atoms with Crippen LogP contribution in [-0.4, -0.2) is 21.2 Å². The molecule has 0 saturated heterocycles. The van der Waals surface area contributed by atoms with Gasteiger partial charge in [-0.3, -0.25) is 4.72 Å². The van der Waals surface area contributed by atoms with Crippen LogP contribution in [0, 0.1) is 0 Å². The molecule has 0 unspecified atom stereocenters. The number of benzene rings is 1. The zero-order valence-electron chi connectivity index (χ0n) is 8.95. The molecule has 0 radical (unpaired) electrons. The van der Waals surface area contributed by atoms with Gasteiger partial charge in [0.1, 0.15) is 0 Å². The van der Waals surface area contributed by atoms with Gasteiger partial charge in [0.05, 0.1) is 5.75 Å². The smallest absolute Gasteiger partial charge is 0.232 e. The van der Waals surface area contributed by atoms with E-state index in [0.717, 1.165) is 12.1 Å². The van der Waals surface area contributed by atoms with Gasteiger partial charge in [0.2, 0.25) is 10.0 Å². The molecule has 0 aliphatic heterocycles.